The van der Waals surface area contributed by atoms with E-state index in [1.165, 1.54) is 0 Å². The lowest BCUT2D eigenvalue weighted by Crippen LogP contribution is -2.47. The number of amides is 1. The summed E-state index contributed by atoms with van der Waals surface area (Å²) >= 11 is 0. The van der Waals surface area contributed by atoms with Crippen molar-refractivity contribution in [3.8, 4) is 0 Å². The molecular weight excluding hydrogens is 284 g/mol. The number of nitrogens with one attached hydrogen (secondary N) is 1. The Bertz CT molecular complexity index is 424. The fraction of sp³-hybridized carbons (Fsp3) is 0.588. The zero-order valence-corrected chi connectivity index (χ0v) is 14.5. The number of benzene rings is 1. The van der Waals surface area contributed by atoms with E-state index in [0.29, 0.717) is 6.54 Å². The molecule has 1 rings (SSSR count). The predicted octanol–water partition coefficient (Wildman–Crippen LogP) is 3.54. The van der Waals surface area contributed by atoms with Gasteiger partial charge in [0.25, 0.3) is 0 Å². The second-order valence-electron chi connectivity index (χ2n) is 6.32. The molecule has 1 atom stereocenters. The number of hydrogen-bond donors (Lipinski definition) is 2. The molecular formula is C17H29ClN2O. The Hall–Kier alpha value is -1.06. The monoisotopic (exact) mass is 312 g/mol. The molecule has 0 fully saturated rings. The van der Waals surface area contributed by atoms with Crippen LogP contribution in [0.5, 0.6) is 0 Å². The lowest BCUT2D eigenvalue weighted by Gasteiger charge is -2.36. The number of nitrogens with two attached hydrogens (primary N) is 1. The standard InChI is InChI=1S/C17H28N2O.ClH/c1-12(2)17(5,13(3)4)16(20)19-11-15(18)14-9-7-6-8-10-14;/h6-10,12-13,15H,11,18H2,1-5H3,(H,19,20);1H. The summed E-state index contributed by atoms with van der Waals surface area (Å²) in [5.41, 5.74) is 6.80. The molecule has 21 heavy (non-hydrogen) atoms. The summed E-state index contributed by atoms with van der Waals surface area (Å²) in [6.45, 7) is 10.9. The third-order valence-electron chi connectivity index (χ3n) is 4.60. The van der Waals surface area contributed by atoms with Gasteiger partial charge >= 0.3 is 0 Å². The van der Waals surface area contributed by atoms with E-state index >= 15 is 0 Å². The maximum absolute atomic E-state index is 12.5. The van der Waals surface area contributed by atoms with Crippen LogP contribution in [0.2, 0.25) is 0 Å². The highest BCUT2D eigenvalue weighted by molar-refractivity contribution is 5.85. The molecule has 3 N–H and O–H groups in total. The average Bonchev–Trinajstić information content (AvgIpc) is 2.43. The summed E-state index contributed by atoms with van der Waals surface area (Å²) in [5.74, 6) is 0.666. The van der Waals surface area contributed by atoms with E-state index in [0.717, 1.165) is 5.56 Å². The van der Waals surface area contributed by atoms with Crippen LogP contribution in [-0.4, -0.2) is 12.5 Å². The maximum atomic E-state index is 12.5. The molecule has 120 valence electrons. The summed E-state index contributed by atoms with van der Waals surface area (Å²) in [6, 6.07) is 9.70. The van der Waals surface area contributed by atoms with Crippen molar-refractivity contribution in [1.29, 1.82) is 0 Å². The van der Waals surface area contributed by atoms with E-state index < -0.39 is 0 Å². The molecule has 0 saturated carbocycles. The normalized spacial score (nSPS) is 13.0. The highest BCUT2D eigenvalue weighted by Gasteiger charge is 2.39. The molecule has 1 unspecified atom stereocenters. The summed E-state index contributed by atoms with van der Waals surface area (Å²) < 4.78 is 0. The van der Waals surface area contributed by atoms with Crippen LogP contribution in [-0.2, 0) is 4.79 Å². The Morgan fingerprint density at radius 3 is 2.05 bits per heavy atom. The Morgan fingerprint density at radius 1 is 1.14 bits per heavy atom. The molecule has 0 saturated heterocycles. The van der Waals surface area contributed by atoms with E-state index in [-0.39, 0.29) is 41.6 Å². The highest BCUT2D eigenvalue weighted by Crippen LogP contribution is 2.35. The zero-order valence-electron chi connectivity index (χ0n) is 13.7. The fourth-order valence-corrected chi connectivity index (χ4v) is 2.40. The average molecular weight is 313 g/mol. The van der Waals surface area contributed by atoms with Crippen LogP contribution in [0.15, 0.2) is 30.3 Å². The number of carbonyl (C=O) groups excluding carboxylic acids is 1. The minimum Gasteiger partial charge on any atom is -0.354 e. The second-order valence-corrected chi connectivity index (χ2v) is 6.32. The van der Waals surface area contributed by atoms with Gasteiger partial charge in [-0.25, -0.2) is 0 Å². The number of halogens is 1. The van der Waals surface area contributed by atoms with Crippen LogP contribution in [0.3, 0.4) is 0 Å². The quantitative estimate of drug-likeness (QED) is 0.844. The van der Waals surface area contributed by atoms with Gasteiger partial charge in [-0.1, -0.05) is 65.0 Å². The molecule has 0 spiro atoms. The molecule has 0 aliphatic heterocycles. The Labute approximate surface area is 135 Å². The van der Waals surface area contributed by atoms with Gasteiger partial charge in [0, 0.05) is 12.6 Å². The topological polar surface area (TPSA) is 55.1 Å². The Morgan fingerprint density at radius 2 is 1.62 bits per heavy atom. The minimum absolute atomic E-state index is 0. The van der Waals surface area contributed by atoms with Crippen molar-refractivity contribution in [3.63, 3.8) is 0 Å². The van der Waals surface area contributed by atoms with Crippen LogP contribution >= 0.6 is 12.4 Å². The van der Waals surface area contributed by atoms with Gasteiger partial charge in [-0.05, 0) is 17.4 Å². The predicted molar refractivity (Wildman–Crippen MR) is 91.4 cm³/mol. The van der Waals surface area contributed by atoms with E-state index in [9.17, 15) is 4.79 Å². The summed E-state index contributed by atoms with van der Waals surface area (Å²) in [4.78, 5) is 12.5. The maximum Gasteiger partial charge on any atom is 0.226 e. The zero-order chi connectivity index (χ0) is 15.3. The molecule has 4 heteroatoms. The van der Waals surface area contributed by atoms with Crippen molar-refractivity contribution in [3.05, 3.63) is 35.9 Å². The van der Waals surface area contributed by atoms with Crippen molar-refractivity contribution < 1.29 is 4.79 Å². The lowest BCUT2D eigenvalue weighted by atomic mass is 9.70. The largest absolute Gasteiger partial charge is 0.354 e. The first-order valence-electron chi connectivity index (χ1n) is 7.39. The molecule has 0 bridgehead atoms. The molecule has 0 aliphatic rings. The number of rotatable bonds is 6. The van der Waals surface area contributed by atoms with E-state index in [2.05, 4.69) is 33.0 Å². The van der Waals surface area contributed by atoms with Crippen molar-refractivity contribution in [2.45, 2.75) is 40.7 Å². The lowest BCUT2D eigenvalue weighted by molar-refractivity contribution is -0.135. The molecule has 1 aromatic carbocycles. The SMILES string of the molecule is CC(C)C(C)(C(=O)NCC(N)c1ccccc1)C(C)C.Cl. The first-order chi connectivity index (χ1) is 9.30. The Balaban J connectivity index is 0.00000400. The second kappa shape index (κ2) is 8.40. The molecule has 1 aromatic rings. The van der Waals surface area contributed by atoms with Crippen LogP contribution in [0.4, 0.5) is 0 Å². The van der Waals surface area contributed by atoms with Gasteiger partial charge in [0.05, 0.1) is 5.41 Å². The van der Waals surface area contributed by atoms with E-state index in [4.69, 9.17) is 5.73 Å². The van der Waals surface area contributed by atoms with Gasteiger partial charge in [0.15, 0.2) is 0 Å². The first kappa shape index (κ1) is 19.9. The molecule has 0 heterocycles. The van der Waals surface area contributed by atoms with Gasteiger partial charge < -0.3 is 11.1 Å². The van der Waals surface area contributed by atoms with Crippen LogP contribution in [0.25, 0.3) is 0 Å². The van der Waals surface area contributed by atoms with Crippen molar-refractivity contribution in [1.82, 2.24) is 5.32 Å². The van der Waals surface area contributed by atoms with Crippen LogP contribution in [0, 0.1) is 17.3 Å². The Kier molecular flexibility index (Phi) is 7.98. The molecule has 0 radical (unpaired) electrons. The first-order valence-corrected chi connectivity index (χ1v) is 7.39. The van der Waals surface area contributed by atoms with E-state index in [1.807, 2.05) is 37.3 Å². The summed E-state index contributed by atoms with van der Waals surface area (Å²) in [5, 5.41) is 3.02. The fourth-order valence-electron chi connectivity index (χ4n) is 2.40. The number of carbonyl (C=O) groups is 1. The smallest absolute Gasteiger partial charge is 0.226 e. The van der Waals surface area contributed by atoms with Gasteiger partial charge in [-0.15, -0.1) is 12.4 Å². The van der Waals surface area contributed by atoms with E-state index in [1.54, 1.807) is 0 Å². The van der Waals surface area contributed by atoms with Crippen molar-refractivity contribution in [2.75, 3.05) is 6.54 Å². The molecule has 3 nitrogen and oxygen atoms in total. The summed E-state index contributed by atoms with van der Waals surface area (Å²) in [7, 11) is 0. The summed E-state index contributed by atoms with van der Waals surface area (Å²) in [6.07, 6.45) is 0. The third-order valence-corrected chi connectivity index (χ3v) is 4.60. The third kappa shape index (κ3) is 4.72. The van der Waals surface area contributed by atoms with Gasteiger partial charge in [0.2, 0.25) is 5.91 Å². The molecule has 1 amide bonds. The number of hydrogen-bond acceptors (Lipinski definition) is 2. The molecule has 0 aliphatic carbocycles. The van der Waals surface area contributed by atoms with Gasteiger partial charge in [-0.2, -0.15) is 0 Å². The highest BCUT2D eigenvalue weighted by atomic mass is 35.5. The minimum atomic E-state index is -0.365. The van der Waals surface area contributed by atoms with Crippen molar-refractivity contribution in [2.24, 2.45) is 23.0 Å². The van der Waals surface area contributed by atoms with Gasteiger partial charge in [-0.3, -0.25) is 4.79 Å². The van der Waals surface area contributed by atoms with Crippen LogP contribution < -0.4 is 11.1 Å². The molecule has 0 aromatic heterocycles. The van der Waals surface area contributed by atoms with Crippen LogP contribution in [0.1, 0.15) is 46.2 Å². The van der Waals surface area contributed by atoms with Gasteiger partial charge in [0.1, 0.15) is 0 Å². The van der Waals surface area contributed by atoms with Crippen molar-refractivity contribution >= 4 is 18.3 Å².